The molecule has 2 saturated heterocycles. The molecule has 0 aromatic carbocycles. The molecular formula is C10H20N2. The van der Waals surface area contributed by atoms with E-state index >= 15 is 0 Å². The molecule has 0 amide bonds. The molecular weight excluding hydrogens is 148 g/mol. The Kier molecular flexibility index (Phi) is 2.66. The highest BCUT2D eigenvalue weighted by atomic mass is 15.2. The zero-order valence-electron chi connectivity index (χ0n) is 8.05. The monoisotopic (exact) mass is 168 g/mol. The lowest BCUT2D eigenvalue weighted by Gasteiger charge is -2.35. The van der Waals surface area contributed by atoms with Gasteiger partial charge in [0.25, 0.3) is 0 Å². The second kappa shape index (κ2) is 3.75. The summed E-state index contributed by atoms with van der Waals surface area (Å²) in [5, 5.41) is 3.57. The first kappa shape index (κ1) is 8.52. The van der Waals surface area contributed by atoms with Gasteiger partial charge in [0.1, 0.15) is 0 Å². The molecule has 0 aromatic heterocycles. The first-order valence-electron chi connectivity index (χ1n) is 5.37. The van der Waals surface area contributed by atoms with Crippen molar-refractivity contribution in [1.82, 2.24) is 10.2 Å². The van der Waals surface area contributed by atoms with Crippen LogP contribution in [0.2, 0.25) is 0 Å². The quantitative estimate of drug-likeness (QED) is 0.667. The molecule has 0 aromatic rings. The Morgan fingerprint density at radius 1 is 1.33 bits per heavy atom. The third-order valence-corrected chi connectivity index (χ3v) is 3.31. The smallest absolute Gasteiger partial charge is 0.0111 e. The van der Waals surface area contributed by atoms with Crippen LogP contribution >= 0.6 is 0 Å². The maximum atomic E-state index is 3.57. The van der Waals surface area contributed by atoms with Crippen molar-refractivity contribution in [3.8, 4) is 0 Å². The van der Waals surface area contributed by atoms with Crippen LogP contribution in [0.15, 0.2) is 0 Å². The predicted octanol–water partition coefficient (Wildman–Crippen LogP) is 1.22. The first-order valence-corrected chi connectivity index (χ1v) is 5.37. The lowest BCUT2D eigenvalue weighted by Crippen LogP contribution is -2.45. The number of rotatable bonds is 2. The highest BCUT2D eigenvalue weighted by molar-refractivity contribution is 4.88. The van der Waals surface area contributed by atoms with Gasteiger partial charge < -0.3 is 10.2 Å². The van der Waals surface area contributed by atoms with Crippen molar-refractivity contribution in [3.05, 3.63) is 0 Å². The van der Waals surface area contributed by atoms with Crippen molar-refractivity contribution in [2.45, 2.75) is 44.7 Å². The lowest BCUT2D eigenvalue weighted by atomic mass is 9.98. The summed E-state index contributed by atoms with van der Waals surface area (Å²) in [6.45, 7) is 6.05. The van der Waals surface area contributed by atoms with Gasteiger partial charge in [-0.05, 0) is 45.3 Å². The molecule has 0 bridgehead atoms. The highest BCUT2D eigenvalue weighted by Crippen LogP contribution is 2.26. The van der Waals surface area contributed by atoms with Gasteiger partial charge in [0.15, 0.2) is 0 Å². The number of nitrogens with one attached hydrogen (secondary N) is 1. The Hall–Kier alpha value is -0.0800. The number of nitrogens with zero attached hydrogens (tertiary/aromatic N) is 1. The molecule has 2 aliphatic rings. The van der Waals surface area contributed by atoms with E-state index in [0.29, 0.717) is 0 Å². The average Bonchev–Trinajstić information content (AvgIpc) is 2.51. The van der Waals surface area contributed by atoms with Crippen molar-refractivity contribution in [1.29, 1.82) is 0 Å². The average molecular weight is 168 g/mol. The van der Waals surface area contributed by atoms with Crippen LogP contribution in [-0.2, 0) is 0 Å². The van der Waals surface area contributed by atoms with E-state index < -0.39 is 0 Å². The molecule has 0 saturated carbocycles. The minimum absolute atomic E-state index is 0.814. The lowest BCUT2D eigenvalue weighted by molar-refractivity contribution is 0.168. The second-order valence-electron chi connectivity index (χ2n) is 4.11. The van der Waals surface area contributed by atoms with Crippen LogP contribution in [0.3, 0.4) is 0 Å². The molecule has 70 valence electrons. The summed E-state index contributed by atoms with van der Waals surface area (Å²) in [6, 6.07) is 1.73. The Morgan fingerprint density at radius 3 is 3.08 bits per heavy atom. The normalized spacial score (nSPS) is 36.8. The predicted molar refractivity (Wildman–Crippen MR) is 51.3 cm³/mol. The van der Waals surface area contributed by atoms with Crippen molar-refractivity contribution in [2.75, 3.05) is 19.6 Å². The third kappa shape index (κ3) is 1.64. The van der Waals surface area contributed by atoms with E-state index in [0.717, 1.165) is 18.6 Å². The highest BCUT2D eigenvalue weighted by Gasteiger charge is 2.30. The van der Waals surface area contributed by atoms with E-state index in [4.69, 9.17) is 0 Å². The molecule has 0 radical (unpaired) electrons. The minimum Gasteiger partial charge on any atom is -0.314 e. The van der Waals surface area contributed by atoms with Crippen molar-refractivity contribution in [2.24, 2.45) is 0 Å². The maximum absolute atomic E-state index is 3.57. The molecule has 2 nitrogen and oxygen atoms in total. The summed E-state index contributed by atoms with van der Waals surface area (Å²) >= 11 is 0. The van der Waals surface area contributed by atoms with E-state index in [2.05, 4.69) is 17.1 Å². The zero-order valence-corrected chi connectivity index (χ0v) is 8.05. The van der Waals surface area contributed by atoms with Gasteiger partial charge in [-0.2, -0.15) is 0 Å². The summed E-state index contributed by atoms with van der Waals surface area (Å²) in [7, 11) is 0. The fourth-order valence-corrected chi connectivity index (χ4v) is 2.70. The van der Waals surface area contributed by atoms with E-state index in [-0.39, 0.29) is 0 Å². The molecule has 2 atom stereocenters. The Bertz CT molecular complexity index is 147. The van der Waals surface area contributed by atoms with Crippen molar-refractivity contribution >= 4 is 0 Å². The minimum atomic E-state index is 0.814. The molecule has 1 N–H and O–H groups in total. The van der Waals surface area contributed by atoms with E-state index in [9.17, 15) is 0 Å². The van der Waals surface area contributed by atoms with Crippen LogP contribution in [-0.4, -0.2) is 36.6 Å². The molecule has 2 rings (SSSR count). The third-order valence-electron chi connectivity index (χ3n) is 3.31. The van der Waals surface area contributed by atoms with Crippen LogP contribution in [0.1, 0.15) is 32.6 Å². The van der Waals surface area contributed by atoms with Gasteiger partial charge >= 0.3 is 0 Å². The van der Waals surface area contributed by atoms with E-state index in [1.54, 1.807) is 0 Å². The van der Waals surface area contributed by atoms with Gasteiger partial charge in [0.2, 0.25) is 0 Å². The van der Waals surface area contributed by atoms with Crippen LogP contribution in [0.5, 0.6) is 0 Å². The van der Waals surface area contributed by atoms with Crippen molar-refractivity contribution < 1.29 is 0 Å². The Labute approximate surface area is 75.3 Å². The molecule has 0 spiro atoms. The topological polar surface area (TPSA) is 15.3 Å². The first-order chi connectivity index (χ1) is 5.90. The van der Waals surface area contributed by atoms with E-state index in [1.165, 1.54) is 38.8 Å². The van der Waals surface area contributed by atoms with Crippen LogP contribution in [0.25, 0.3) is 0 Å². The summed E-state index contributed by atoms with van der Waals surface area (Å²) in [4.78, 5) is 2.67. The molecule has 2 aliphatic heterocycles. The van der Waals surface area contributed by atoms with Crippen LogP contribution < -0.4 is 5.32 Å². The Morgan fingerprint density at radius 2 is 2.25 bits per heavy atom. The van der Waals surface area contributed by atoms with Crippen LogP contribution in [0.4, 0.5) is 0 Å². The molecule has 2 unspecified atom stereocenters. The van der Waals surface area contributed by atoms with Gasteiger partial charge in [-0.3, -0.25) is 0 Å². The number of hydrogen-bond donors (Lipinski definition) is 1. The SMILES string of the molecule is CCNC1CCN2CCCC2C1. The number of hydrogen-bond acceptors (Lipinski definition) is 2. The van der Waals surface area contributed by atoms with Crippen molar-refractivity contribution in [3.63, 3.8) is 0 Å². The van der Waals surface area contributed by atoms with Gasteiger partial charge in [0.05, 0.1) is 0 Å². The van der Waals surface area contributed by atoms with E-state index in [1.807, 2.05) is 0 Å². The summed E-state index contributed by atoms with van der Waals surface area (Å²) in [5.41, 5.74) is 0. The number of fused-ring (bicyclic) bond motifs is 1. The molecule has 0 aliphatic carbocycles. The standard InChI is InChI=1S/C10H20N2/c1-2-11-9-5-7-12-6-3-4-10(12)8-9/h9-11H,2-8H2,1H3. The molecule has 12 heavy (non-hydrogen) atoms. The largest absolute Gasteiger partial charge is 0.314 e. The fraction of sp³-hybridized carbons (Fsp3) is 1.00. The fourth-order valence-electron chi connectivity index (χ4n) is 2.70. The van der Waals surface area contributed by atoms with Crippen LogP contribution in [0, 0.1) is 0 Å². The molecule has 2 heterocycles. The van der Waals surface area contributed by atoms with Gasteiger partial charge in [-0.1, -0.05) is 6.92 Å². The zero-order chi connectivity index (χ0) is 8.39. The second-order valence-corrected chi connectivity index (χ2v) is 4.11. The Balaban J connectivity index is 1.84. The van der Waals surface area contributed by atoms with Gasteiger partial charge in [-0.25, -0.2) is 0 Å². The van der Waals surface area contributed by atoms with Gasteiger partial charge in [0, 0.05) is 12.1 Å². The number of piperidine rings is 1. The summed E-state index contributed by atoms with van der Waals surface area (Å²) in [5.74, 6) is 0. The molecule has 2 fully saturated rings. The van der Waals surface area contributed by atoms with Gasteiger partial charge in [-0.15, -0.1) is 0 Å². The summed E-state index contributed by atoms with van der Waals surface area (Å²) in [6.07, 6.45) is 5.64. The maximum Gasteiger partial charge on any atom is 0.0111 e. The molecule has 2 heteroatoms. The summed E-state index contributed by atoms with van der Waals surface area (Å²) < 4.78 is 0.